The van der Waals surface area contributed by atoms with E-state index in [1.54, 1.807) is 43.6 Å². The molecule has 4 aromatic rings. The second kappa shape index (κ2) is 9.87. The Morgan fingerprint density at radius 3 is 2.56 bits per heavy atom. The van der Waals surface area contributed by atoms with Crippen molar-refractivity contribution in [2.75, 3.05) is 5.32 Å². The fourth-order valence-electron chi connectivity index (χ4n) is 3.29. The zero-order chi connectivity index (χ0) is 24.2. The summed E-state index contributed by atoms with van der Waals surface area (Å²) in [6.45, 7) is 0.610. The molecule has 34 heavy (non-hydrogen) atoms. The summed E-state index contributed by atoms with van der Waals surface area (Å²) >= 11 is 1.27. The van der Waals surface area contributed by atoms with Crippen LogP contribution in [0.15, 0.2) is 53.6 Å². The fraction of sp³-hybridized carbons (Fsp3) is 0.174. The van der Waals surface area contributed by atoms with E-state index in [0.717, 1.165) is 4.88 Å². The molecule has 0 unspecified atom stereocenters. The Labute approximate surface area is 196 Å². The van der Waals surface area contributed by atoms with Crippen molar-refractivity contribution >= 4 is 22.4 Å². The summed E-state index contributed by atoms with van der Waals surface area (Å²) in [6, 6.07) is 9.60. The highest BCUT2D eigenvalue weighted by molar-refractivity contribution is 7.16. The van der Waals surface area contributed by atoms with Crippen LogP contribution in [0.2, 0.25) is 0 Å². The van der Waals surface area contributed by atoms with Gasteiger partial charge in [0.2, 0.25) is 5.91 Å². The van der Waals surface area contributed by atoms with Crippen LogP contribution >= 0.6 is 11.3 Å². The third-order valence-corrected chi connectivity index (χ3v) is 5.78. The molecule has 11 heteroatoms. The number of thiazole rings is 1. The summed E-state index contributed by atoms with van der Waals surface area (Å²) in [4.78, 5) is 41.6. The van der Waals surface area contributed by atoms with Gasteiger partial charge in [0.25, 0.3) is 5.56 Å². The van der Waals surface area contributed by atoms with Gasteiger partial charge in [-0.25, -0.2) is 9.97 Å². The predicted octanol–water partition coefficient (Wildman–Crippen LogP) is 4.35. The average molecular weight is 484 g/mol. The SMILES string of the molecule is Cc1nc(-c2cccnc2)[nH]c(=O)c1CC(=O)Nc1nc(-c2ccc(OC(F)F)cc2)c(C)s1. The number of alkyl halides is 2. The number of nitrogens with zero attached hydrogens (tertiary/aromatic N) is 3. The van der Waals surface area contributed by atoms with Gasteiger partial charge in [0, 0.05) is 39.7 Å². The third kappa shape index (κ3) is 5.31. The highest BCUT2D eigenvalue weighted by Gasteiger charge is 2.17. The molecule has 0 aliphatic heterocycles. The van der Waals surface area contributed by atoms with E-state index in [0.29, 0.717) is 33.5 Å². The third-order valence-electron chi connectivity index (χ3n) is 4.89. The quantitative estimate of drug-likeness (QED) is 0.404. The summed E-state index contributed by atoms with van der Waals surface area (Å²) in [6.07, 6.45) is 3.04. The zero-order valence-electron chi connectivity index (χ0n) is 18.1. The first kappa shape index (κ1) is 23.2. The van der Waals surface area contributed by atoms with E-state index in [-0.39, 0.29) is 17.7 Å². The van der Waals surface area contributed by atoms with Crippen molar-refractivity contribution < 1.29 is 18.3 Å². The van der Waals surface area contributed by atoms with Crippen molar-refractivity contribution in [1.82, 2.24) is 19.9 Å². The van der Waals surface area contributed by atoms with E-state index < -0.39 is 18.1 Å². The number of H-pyrrole nitrogens is 1. The topological polar surface area (TPSA) is 110 Å². The fourth-order valence-corrected chi connectivity index (χ4v) is 4.15. The number of halogens is 2. The van der Waals surface area contributed by atoms with E-state index in [2.05, 4.69) is 30.0 Å². The van der Waals surface area contributed by atoms with Crippen LogP contribution in [0, 0.1) is 13.8 Å². The molecule has 1 amide bonds. The molecule has 0 aliphatic rings. The number of pyridine rings is 1. The van der Waals surface area contributed by atoms with Crippen LogP contribution in [-0.2, 0) is 11.2 Å². The Kier molecular flexibility index (Phi) is 6.73. The molecule has 2 N–H and O–H groups in total. The lowest BCUT2D eigenvalue weighted by Gasteiger charge is -2.07. The molecule has 0 bridgehead atoms. The van der Waals surface area contributed by atoms with Gasteiger partial charge in [0.1, 0.15) is 11.6 Å². The number of anilines is 1. The molecule has 0 aliphatic carbocycles. The number of rotatable bonds is 7. The number of amides is 1. The predicted molar refractivity (Wildman–Crippen MR) is 124 cm³/mol. The van der Waals surface area contributed by atoms with Gasteiger partial charge in [0.15, 0.2) is 5.13 Å². The van der Waals surface area contributed by atoms with Crippen LogP contribution in [0.5, 0.6) is 5.75 Å². The van der Waals surface area contributed by atoms with Crippen molar-refractivity contribution in [3.05, 3.63) is 75.3 Å². The minimum atomic E-state index is -2.90. The summed E-state index contributed by atoms with van der Waals surface area (Å²) < 4.78 is 29.0. The molecule has 0 atom stereocenters. The second-order valence-electron chi connectivity index (χ2n) is 7.27. The molecule has 0 fully saturated rings. The van der Waals surface area contributed by atoms with Crippen molar-refractivity contribution in [1.29, 1.82) is 0 Å². The van der Waals surface area contributed by atoms with Crippen LogP contribution in [0.3, 0.4) is 0 Å². The minimum absolute atomic E-state index is 0.0453. The largest absolute Gasteiger partial charge is 0.435 e. The normalized spacial score (nSPS) is 11.0. The lowest BCUT2D eigenvalue weighted by molar-refractivity contribution is -0.115. The van der Waals surface area contributed by atoms with Crippen molar-refractivity contribution in [2.45, 2.75) is 26.9 Å². The van der Waals surface area contributed by atoms with Crippen LogP contribution < -0.4 is 15.6 Å². The highest BCUT2D eigenvalue weighted by atomic mass is 32.1. The molecule has 8 nitrogen and oxygen atoms in total. The van der Waals surface area contributed by atoms with Gasteiger partial charge in [0.05, 0.1) is 12.1 Å². The molecule has 0 spiro atoms. The van der Waals surface area contributed by atoms with E-state index >= 15 is 0 Å². The number of carbonyl (C=O) groups is 1. The van der Waals surface area contributed by atoms with Crippen molar-refractivity contribution in [2.24, 2.45) is 0 Å². The Morgan fingerprint density at radius 2 is 1.91 bits per heavy atom. The van der Waals surface area contributed by atoms with Gasteiger partial charge < -0.3 is 15.0 Å². The van der Waals surface area contributed by atoms with E-state index in [1.165, 1.54) is 23.5 Å². The lowest BCUT2D eigenvalue weighted by Crippen LogP contribution is -2.23. The first-order chi connectivity index (χ1) is 16.3. The number of aromatic amines is 1. The molecule has 4 rings (SSSR count). The maximum atomic E-state index is 12.6. The van der Waals surface area contributed by atoms with Gasteiger partial charge >= 0.3 is 6.61 Å². The zero-order valence-corrected chi connectivity index (χ0v) is 19.0. The average Bonchev–Trinajstić information content (AvgIpc) is 3.16. The molecule has 0 saturated heterocycles. The minimum Gasteiger partial charge on any atom is -0.435 e. The van der Waals surface area contributed by atoms with Gasteiger partial charge in [-0.3, -0.25) is 14.6 Å². The smallest absolute Gasteiger partial charge is 0.387 e. The Balaban J connectivity index is 1.47. The number of carbonyl (C=O) groups excluding carboxylic acids is 1. The Bertz CT molecular complexity index is 1370. The number of ether oxygens (including phenoxy) is 1. The van der Waals surface area contributed by atoms with Crippen LogP contribution in [-0.4, -0.2) is 32.5 Å². The van der Waals surface area contributed by atoms with Crippen LogP contribution in [0.25, 0.3) is 22.6 Å². The molecule has 0 radical (unpaired) electrons. The number of hydrogen-bond acceptors (Lipinski definition) is 7. The van der Waals surface area contributed by atoms with E-state index in [9.17, 15) is 18.4 Å². The van der Waals surface area contributed by atoms with Crippen molar-refractivity contribution in [3.8, 4) is 28.4 Å². The van der Waals surface area contributed by atoms with Crippen LogP contribution in [0.1, 0.15) is 16.1 Å². The molecule has 174 valence electrons. The first-order valence-corrected chi connectivity index (χ1v) is 10.9. The summed E-state index contributed by atoms with van der Waals surface area (Å²) in [5.74, 6) is 0.0133. The van der Waals surface area contributed by atoms with Crippen LogP contribution in [0.4, 0.5) is 13.9 Å². The summed E-state index contributed by atoms with van der Waals surface area (Å²) in [5, 5.41) is 3.07. The number of aryl methyl sites for hydroxylation is 2. The van der Waals surface area contributed by atoms with Gasteiger partial charge in [-0.2, -0.15) is 8.78 Å². The van der Waals surface area contributed by atoms with Gasteiger partial charge in [-0.05, 0) is 50.2 Å². The number of benzene rings is 1. The van der Waals surface area contributed by atoms with E-state index in [4.69, 9.17) is 0 Å². The Morgan fingerprint density at radius 1 is 1.15 bits per heavy atom. The molecular formula is C23H19F2N5O3S. The number of aromatic nitrogens is 4. The van der Waals surface area contributed by atoms with Crippen molar-refractivity contribution in [3.63, 3.8) is 0 Å². The maximum Gasteiger partial charge on any atom is 0.387 e. The summed E-state index contributed by atoms with van der Waals surface area (Å²) in [5.41, 5.74) is 2.27. The molecule has 3 heterocycles. The number of hydrogen-bond donors (Lipinski definition) is 2. The maximum absolute atomic E-state index is 12.6. The molecule has 1 aromatic carbocycles. The monoisotopic (exact) mass is 483 g/mol. The molecular weight excluding hydrogens is 464 g/mol. The first-order valence-electron chi connectivity index (χ1n) is 10.1. The van der Waals surface area contributed by atoms with E-state index in [1.807, 2.05) is 6.92 Å². The second-order valence-corrected chi connectivity index (χ2v) is 8.48. The molecule has 3 aromatic heterocycles. The number of nitrogens with one attached hydrogen (secondary N) is 2. The standard InChI is InChI=1S/C23H19F2N5O3S/c1-12-17(21(32)30-20(27-12)15-4-3-9-26-11-15)10-18(31)28-23-29-19(13(2)34-23)14-5-7-16(8-6-14)33-22(24)25/h3-9,11,22H,10H2,1-2H3,(H,27,30,32)(H,28,29,31). The van der Waals surface area contributed by atoms with Gasteiger partial charge in [-0.1, -0.05) is 0 Å². The molecule has 0 saturated carbocycles. The summed E-state index contributed by atoms with van der Waals surface area (Å²) in [7, 11) is 0. The van der Waals surface area contributed by atoms with Gasteiger partial charge in [-0.15, -0.1) is 11.3 Å². The lowest BCUT2D eigenvalue weighted by atomic mass is 10.1. The Hall–Kier alpha value is -3.99. The highest BCUT2D eigenvalue weighted by Crippen LogP contribution is 2.31.